The van der Waals surface area contributed by atoms with Crippen LogP contribution in [-0.4, -0.2) is 9.67 Å². The van der Waals surface area contributed by atoms with Gasteiger partial charge in [0.2, 0.25) is 0 Å². The third-order valence-corrected chi connectivity index (χ3v) is 3.28. The summed E-state index contributed by atoms with van der Waals surface area (Å²) < 4.78 is 2.21. The number of nitrogens with zero attached hydrogens (tertiary/aromatic N) is 1. The predicted molar refractivity (Wildman–Crippen MR) is 58.1 cm³/mol. The van der Waals surface area contributed by atoms with Crippen molar-refractivity contribution in [3.05, 3.63) is 25.7 Å². The molecular formula is C9H10INO2. The minimum Gasteiger partial charge on any atom is -0.507 e. The second-order valence-electron chi connectivity index (χ2n) is 3.39. The minimum atomic E-state index is -0.0550. The van der Waals surface area contributed by atoms with E-state index in [0.717, 1.165) is 18.5 Å². The zero-order valence-electron chi connectivity index (χ0n) is 7.25. The monoisotopic (exact) mass is 291 g/mol. The predicted octanol–water partition coefficient (Wildman–Crippen LogP) is 1.80. The SMILES string of the molecule is Cc1cc(O)c(I)c(=O)n1C1CC1. The Labute approximate surface area is 89.5 Å². The molecule has 1 aliphatic carbocycles. The van der Waals surface area contributed by atoms with Gasteiger partial charge in [-0.25, -0.2) is 0 Å². The lowest BCUT2D eigenvalue weighted by Crippen LogP contribution is -2.23. The van der Waals surface area contributed by atoms with Crippen LogP contribution < -0.4 is 5.56 Å². The molecule has 0 radical (unpaired) electrons. The first-order valence-corrected chi connectivity index (χ1v) is 5.29. The van der Waals surface area contributed by atoms with Crippen molar-refractivity contribution < 1.29 is 5.11 Å². The van der Waals surface area contributed by atoms with Gasteiger partial charge in [0.25, 0.3) is 5.56 Å². The molecule has 0 amide bonds. The smallest absolute Gasteiger partial charge is 0.268 e. The van der Waals surface area contributed by atoms with Crippen LogP contribution in [0.15, 0.2) is 10.9 Å². The zero-order valence-corrected chi connectivity index (χ0v) is 9.41. The number of halogens is 1. The van der Waals surface area contributed by atoms with E-state index in [0.29, 0.717) is 9.61 Å². The molecule has 0 bridgehead atoms. The van der Waals surface area contributed by atoms with Crippen molar-refractivity contribution in [2.45, 2.75) is 25.8 Å². The molecule has 0 aliphatic heterocycles. The summed E-state index contributed by atoms with van der Waals surface area (Å²) in [5.74, 6) is 0.0972. The van der Waals surface area contributed by atoms with Crippen LogP contribution in [0.1, 0.15) is 24.6 Å². The Morgan fingerprint density at radius 1 is 1.62 bits per heavy atom. The molecule has 70 valence electrons. The van der Waals surface area contributed by atoms with Crippen LogP contribution in [-0.2, 0) is 0 Å². The molecule has 1 saturated carbocycles. The Morgan fingerprint density at radius 2 is 2.23 bits per heavy atom. The van der Waals surface area contributed by atoms with E-state index in [1.54, 1.807) is 10.6 Å². The van der Waals surface area contributed by atoms with Gasteiger partial charge in [0, 0.05) is 17.8 Å². The number of aromatic nitrogens is 1. The van der Waals surface area contributed by atoms with E-state index in [9.17, 15) is 9.90 Å². The molecular weight excluding hydrogens is 281 g/mol. The molecule has 4 heteroatoms. The fourth-order valence-electron chi connectivity index (χ4n) is 1.49. The van der Waals surface area contributed by atoms with Crippen LogP contribution in [0.3, 0.4) is 0 Å². The Kier molecular flexibility index (Phi) is 2.09. The van der Waals surface area contributed by atoms with Crippen molar-refractivity contribution in [1.82, 2.24) is 4.57 Å². The van der Waals surface area contributed by atoms with Gasteiger partial charge in [-0.3, -0.25) is 4.79 Å². The summed E-state index contributed by atoms with van der Waals surface area (Å²) in [4.78, 5) is 11.7. The third-order valence-electron chi connectivity index (χ3n) is 2.27. The summed E-state index contributed by atoms with van der Waals surface area (Å²) in [7, 11) is 0. The molecule has 0 unspecified atom stereocenters. The van der Waals surface area contributed by atoms with Gasteiger partial charge in [-0.15, -0.1) is 0 Å². The van der Waals surface area contributed by atoms with Gasteiger partial charge in [-0.1, -0.05) is 0 Å². The minimum absolute atomic E-state index is 0.0550. The average Bonchev–Trinajstić information content (AvgIpc) is 2.84. The average molecular weight is 291 g/mol. The molecule has 1 aromatic heterocycles. The van der Waals surface area contributed by atoms with Gasteiger partial charge >= 0.3 is 0 Å². The van der Waals surface area contributed by atoms with E-state index in [-0.39, 0.29) is 11.3 Å². The maximum absolute atomic E-state index is 11.7. The second kappa shape index (κ2) is 3.01. The maximum Gasteiger partial charge on any atom is 0.268 e. The van der Waals surface area contributed by atoms with Crippen LogP contribution in [0.25, 0.3) is 0 Å². The molecule has 0 atom stereocenters. The van der Waals surface area contributed by atoms with Crippen molar-refractivity contribution >= 4 is 22.6 Å². The van der Waals surface area contributed by atoms with Crippen LogP contribution >= 0.6 is 22.6 Å². The molecule has 1 N–H and O–H groups in total. The zero-order chi connectivity index (χ0) is 9.59. The maximum atomic E-state index is 11.7. The molecule has 0 spiro atoms. The van der Waals surface area contributed by atoms with E-state index in [1.807, 2.05) is 29.5 Å². The highest BCUT2D eigenvalue weighted by Crippen LogP contribution is 2.35. The lowest BCUT2D eigenvalue weighted by atomic mass is 10.3. The summed E-state index contributed by atoms with van der Waals surface area (Å²) in [5, 5.41) is 9.39. The molecule has 1 heterocycles. The van der Waals surface area contributed by atoms with Crippen molar-refractivity contribution in [1.29, 1.82) is 0 Å². The van der Waals surface area contributed by atoms with Gasteiger partial charge < -0.3 is 9.67 Å². The van der Waals surface area contributed by atoms with Crippen molar-refractivity contribution in [3.8, 4) is 5.75 Å². The van der Waals surface area contributed by atoms with Crippen molar-refractivity contribution in [3.63, 3.8) is 0 Å². The molecule has 3 nitrogen and oxygen atoms in total. The van der Waals surface area contributed by atoms with Crippen LogP contribution in [0.4, 0.5) is 0 Å². The highest BCUT2D eigenvalue weighted by molar-refractivity contribution is 14.1. The Hall–Kier alpha value is -0.520. The van der Waals surface area contributed by atoms with Gasteiger partial charge in [-0.05, 0) is 42.4 Å². The van der Waals surface area contributed by atoms with Crippen molar-refractivity contribution in [2.75, 3.05) is 0 Å². The van der Waals surface area contributed by atoms with Crippen molar-refractivity contribution in [2.24, 2.45) is 0 Å². The number of aryl methyl sites for hydroxylation is 1. The van der Waals surface area contributed by atoms with E-state index in [2.05, 4.69) is 0 Å². The standard InChI is InChI=1S/C9H10INO2/c1-5-4-7(12)8(10)9(13)11(5)6-2-3-6/h4,6,12H,2-3H2,1H3. The van der Waals surface area contributed by atoms with Crippen LogP contribution in [0.2, 0.25) is 0 Å². The fraction of sp³-hybridized carbons (Fsp3) is 0.444. The van der Waals surface area contributed by atoms with Gasteiger partial charge in [0.05, 0.1) is 0 Å². The van der Waals surface area contributed by atoms with E-state index < -0.39 is 0 Å². The molecule has 2 rings (SSSR count). The van der Waals surface area contributed by atoms with Gasteiger partial charge in [0.15, 0.2) is 0 Å². The third kappa shape index (κ3) is 1.47. The first-order valence-electron chi connectivity index (χ1n) is 4.22. The largest absolute Gasteiger partial charge is 0.507 e. The van der Waals surface area contributed by atoms with Crippen LogP contribution in [0, 0.1) is 10.5 Å². The number of aromatic hydroxyl groups is 1. The van der Waals surface area contributed by atoms with Gasteiger partial charge in [-0.2, -0.15) is 0 Å². The summed E-state index contributed by atoms with van der Waals surface area (Å²) in [6.07, 6.45) is 2.17. The molecule has 0 saturated heterocycles. The van der Waals surface area contributed by atoms with E-state index in [4.69, 9.17) is 0 Å². The highest BCUT2D eigenvalue weighted by Gasteiger charge is 2.27. The number of hydrogen-bond acceptors (Lipinski definition) is 2. The molecule has 1 aliphatic rings. The normalized spacial score (nSPS) is 16.2. The number of rotatable bonds is 1. The summed E-state index contributed by atoms with van der Waals surface area (Å²) in [6.45, 7) is 1.86. The summed E-state index contributed by atoms with van der Waals surface area (Å²) in [5.41, 5.74) is 0.797. The first kappa shape index (κ1) is 9.05. The Morgan fingerprint density at radius 3 is 2.77 bits per heavy atom. The summed E-state index contributed by atoms with van der Waals surface area (Å²) >= 11 is 1.89. The Balaban J connectivity index is 2.67. The molecule has 1 fully saturated rings. The topological polar surface area (TPSA) is 42.2 Å². The number of hydrogen-bond donors (Lipinski definition) is 1. The van der Waals surface area contributed by atoms with Gasteiger partial charge in [0.1, 0.15) is 9.32 Å². The molecule has 1 aromatic rings. The molecule has 0 aromatic carbocycles. The summed E-state index contributed by atoms with van der Waals surface area (Å²) in [6, 6.07) is 2.03. The lowest BCUT2D eigenvalue weighted by Gasteiger charge is -2.09. The first-order chi connectivity index (χ1) is 6.11. The Bertz CT molecular complexity index is 407. The lowest BCUT2D eigenvalue weighted by molar-refractivity contribution is 0.464. The van der Waals surface area contributed by atoms with Crippen LogP contribution in [0.5, 0.6) is 5.75 Å². The highest BCUT2D eigenvalue weighted by atomic mass is 127. The second-order valence-corrected chi connectivity index (χ2v) is 4.47. The van der Waals surface area contributed by atoms with E-state index in [1.165, 1.54) is 0 Å². The van der Waals surface area contributed by atoms with E-state index >= 15 is 0 Å². The molecule has 13 heavy (non-hydrogen) atoms. The number of pyridine rings is 1. The quantitative estimate of drug-likeness (QED) is 0.802. The fourth-order valence-corrected chi connectivity index (χ4v) is 1.91.